The fourth-order valence-corrected chi connectivity index (χ4v) is 6.90. The number of hydrogen-bond acceptors (Lipinski definition) is 5. The molecule has 166 valence electrons. The molecule has 0 spiro atoms. The van der Waals surface area contributed by atoms with Gasteiger partial charge in [0.15, 0.2) is 0 Å². The van der Waals surface area contributed by atoms with E-state index in [4.69, 9.17) is 9.47 Å². The number of ether oxygens (including phenoxy) is 2. The van der Waals surface area contributed by atoms with E-state index >= 15 is 0 Å². The molecule has 1 saturated heterocycles. The lowest BCUT2D eigenvalue weighted by molar-refractivity contribution is -0.161. The Morgan fingerprint density at radius 3 is 2.57 bits per heavy atom. The van der Waals surface area contributed by atoms with Crippen LogP contribution in [0.4, 0.5) is 0 Å². The fourth-order valence-electron chi connectivity index (χ4n) is 6.90. The number of cyclic esters (lactones) is 1. The summed E-state index contributed by atoms with van der Waals surface area (Å²) in [6, 6.07) is 0. The van der Waals surface area contributed by atoms with Crippen LogP contribution in [0.5, 0.6) is 0 Å². The zero-order chi connectivity index (χ0) is 22.0. The van der Waals surface area contributed by atoms with E-state index in [1.165, 1.54) is 6.08 Å². The van der Waals surface area contributed by atoms with Gasteiger partial charge in [-0.1, -0.05) is 25.5 Å². The average molecular weight is 417 g/mol. The molecule has 0 aromatic carbocycles. The van der Waals surface area contributed by atoms with E-state index in [0.29, 0.717) is 18.8 Å². The number of fused-ring (bicyclic) bond motifs is 2. The predicted molar refractivity (Wildman–Crippen MR) is 114 cm³/mol. The van der Waals surface area contributed by atoms with Gasteiger partial charge >= 0.3 is 5.97 Å². The summed E-state index contributed by atoms with van der Waals surface area (Å²) in [4.78, 5) is 25.5. The van der Waals surface area contributed by atoms with Crippen LogP contribution in [0.1, 0.15) is 67.2 Å². The zero-order valence-corrected chi connectivity index (χ0v) is 19.1. The van der Waals surface area contributed by atoms with Gasteiger partial charge in [-0.3, -0.25) is 4.79 Å². The minimum atomic E-state index is -1.20. The maximum Gasteiger partial charge on any atom is 0.331 e. The molecule has 2 aliphatic carbocycles. The van der Waals surface area contributed by atoms with Gasteiger partial charge in [0.1, 0.15) is 23.6 Å². The molecule has 3 fully saturated rings. The van der Waals surface area contributed by atoms with Crippen molar-refractivity contribution >= 4 is 11.8 Å². The molecule has 0 aromatic heterocycles. The number of esters is 1. The van der Waals surface area contributed by atoms with Crippen LogP contribution in [-0.4, -0.2) is 40.3 Å². The van der Waals surface area contributed by atoms with Crippen molar-refractivity contribution in [2.24, 2.45) is 29.6 Å². The Hall–Kier alpha value is -1.46. The highest BCUT2D eigenvalue weighted by atomic mass is 16.6. The zero-order valence-electron chi connectivity index (χ0n) is 19.1. The molecule has 0 unspecified atom stereocenters. The third-order valence-corrected chi connectivity index (χ3v) is 8.44. The van der Waals surface area contributed by atoms with Gasteiger partial charge in [-0.25, -0.2) is 4.79 Å². The lowest BCUT2D eigenvalue weighted by atomic mass is 9.55. The maximum absolute atomic E-state index is 13.9. The molecular formula is C25H36O5. The predicted octanol–water partition coefficient (Wildman–Crippen LogP) is 3.99. The summed E-state index contributed by atoms with van der Waals surface area (Å²) in [5.41, 5.74) is -0.0165. The van der Waals surface area contributed by atoms with Gasteiger partial charge in [0.25, 0.3) is 0 Å². The summed E-state index contributed by atoms with van der Waals surface area (Å²) in [6.07, 6.45) is 5.92. The third kappa shape index (κ3) is 3.12. The largest absolute Gasteiger partial charge is 0.455 e. The summed E-state index contributed by atoms with van der Waals surface area (Å²) < 4.78 is 12.0. The van der Waals surface area contributed by atoms with Crippen LogP contribution in [0.3, 0.4) is 0 Å². The highest BCUT2D eigenvalue weighted by Crippen LogP contribution is 2.61. The number of aliphatic hydroxyl groups is 1. The molecule has 9 atom stereocenters. The van der Waals surface area contributed by atoms with Crippen LogP contribution in [0.15, 0.2) is 23.3 Å². The first kappa shape index (κ1) is 21.8. The van der Waals surface area contributed by atoms with E-state index in [1.54, 1.807) is 0 Å². The first-order valence-corrected chi connectivity index (χ1v) is 11.5. The van der Waals surface area contributed by atoms with Gasteiger partial charge in [-0.2, -0.15) is 0 Å². The Labute approximate surface area is 179 Å². The van der Waals surface area contributed by atoms with E-state index < -0.39 is 23.2 Å². The van der Waals surface area contributed by atoms with Crippen LogP contribution in [0, 0.1) is 29.6 Å². The molecule has 5 heteroatoms. The summed E-state index contributed by atoms with van der Waals surface area (Å²) in [5, 5.41) is 12.1. The van der Waals surface area contributed by atoms with Gasteiger partial charge in [0, 0.05) is 12.0 Å². The van der Waals surface area contributed by atoms with E-state index in [-0.39, 0.29) is 35.6 Å². The normalized spacial score (nSPS) is 47.6. The second-order valence-electron chi connectivity index (χ2n) is 10.7. The first-order chi connectivity index (χ1) is 14.0. The number of Topliss-reactive ketones (excluding diaryl/α,β-unsaturated/α-hetero) is 1. The highest BCUT2D eigenvalue weighted by molar-refractivity contribution is 5.88. The van der Waals surface area contributed by atoms with Crippen LogP contribution in [0.2, 0.25) is 0 Å². The number of hydrogen-bond donors (Lipinski definition) is 1. The fraction of sp³-hybridized carbons (Fsp3) is 0.760. The van der Waals surface area contributed by atoms with Crippen LogP contribution in [-0.2, 0) is 19.1 Å². The van der Waals surface area contributed by atoms with E-state index in [1.807, 2.05) is 33.8 Å². The van der Waals surface area contributed by atoms with Crippen molar-refractivity contribution in [2.45, 2.75) is 90.6 Å². The summed E-state index contributed by atoms with van der Waals surface area (Å²) >= 11 is 0. The lowest BCUT2D eigenvalue weighted by Crippen LogP contribution is -2.62. The standard InChI is InChI=1S/C25H36O5/c1-13(2)11-19-25(28)16(5)17-8-7-14(3)21(17)22(27)23(25)24(6,30-19)10-9-18-15(4)12-20(26)29-18/h11-12,14,16-19,21,23,28H,7-10H2,1-6H3/t14-,16-,17-,18-,19+,21+,23-,24-,25-/m0/s1. The Morgan fingerprint density at radius 2 is 1.97 bits per heavy atom. The third-order valence-electron chi connectivity index (χ3n) is 8.44. The molecule has 4 rings (SSSR count). The topological polar surface area (TPSA) is 72.8 Å². The molecule has 0 aromatic rings. The molecule has 5 nitrogen and oxygen atoms in total. The molecule has 0 bridgehead atoms. The number of allylic oxidation sites excluding steroid dienone is 1. The Kier molecular flexibility index (Phi) is 5.30. The monoisotopic (exact) mass is 416 g/mol. The number of carbonyl (C=O) groups is 2. The van der Waals surface area contributed by atoms with Gasteiger partial charge in [-0.15, -0.1) is 0 Å². The average Bonchev–Trinajstić information content (AvgIpc) is 3.25. The van der Waals surface area contributed by atoms with Crippen LogP contribution < -0.4 is 0 Å². The molecular weight excluding hydrogens is 380 g/mol. The van der Waals surface area contributed by atoms with Crippen molar-refractivity contribution in [1.82, 2.24) is 0 Å². The molecule has 30 heavy (non-hydrogen) atoms. The van der Waals surface area contributed by atoms with E-state index in [2.05, 4.69) is 13.8 Å². The van der Waals surface area contributed by atoms with Crippen LogP contribution >= 0.6 is 0 Å². The Balaban J connectivity index is 1.69. The SMILES string of the molecule is CC(C)=C[C@H]1O[C@@](C)(CC[C@@H]2OC(=O)C=C2C)[C@@H]2C(=O)[C@H]3[C@@H](CC[C@@H]3C)[C@H](C)[C@@]21O. The number of rotatable bonds is 4. The van der Waals surface area contributed by atoms with Gasteiger partial charge in [0.05, 0.1) is 11.5 Å². The maximum atomic E-state index is 13.9. The molecule has 2 aliphatic heterocycles. The van der Waals surface area contributed by atoms with Crippen molar-refractivity contribution in [3.05, 3.63) is 23.3 Å². The molecule has 4 aliphatic rings. The summed E-state index contributed by atoms with van der Waals surface area (Å²) in [6.45, 7) is 12.2. The van der Waals surface area contributed by atoms with Crippen molar-refractivity contribution in [1.29, 1.82) is 0 Å². The Bertz CT molecular complexity index is 808. The van der Waals surface area contributed by atoms with Gasteiger partial charge in [-0.05, 0) is 76.7 Å². The van der Waals surface area contributed by atoms with Crippen molar-refractivity contribution < 1.29 is 24.2 Å². The quantitative estimate of drug-likeness (QED) is 0.554. The summed E-state index contributed by atoms with van der Waals surface area (Å²) in [7, 11) is 0. The molecule has 2 saturated carbocycles. The summed E-state index contributed by atoms with van der Waals surface area (Å²) in [5.74, 6) is -0.139. The van der Waals surface area contributed by atoms with Crippen molar-refractivity contribution in [2.75, 3.05) is 0 Å². The highest BCUT2D eigenvalue weighted by Gasteiger charge is 2.71. The molecule has 0 amide bonds. The van der Waals surface area contributed by atoms with Crippen molar-refractivity contribution in [3.8, 4) is 0 Å². The second-order valence-corrected chi connectivity index (χ2v) is 10.7. The van der Waals surface area contributed by atoms with Gasteiger partial charge in [0.2, 0.25) is 0 Å². The minimum Gasteiger partial charge on any atom is -0.455 e. The molecule has 1 N–H and O–H groups in total. The van der Waals surface area contributed by atoms with E-state index in [9.17, 15) is 14.7 Å². The smallest absolute Gasteiger partial charge is 0.331 e. The second kappa shape index (κ2) is 7.30. The van der Waals surface area contributed by atoms with Crippen molar-refractivity contribution in [3.63, 3.8) is 0 Å². The Morgan fingerprint density at radius 1 is 1.27 bits per heavy atom. The number of carbonyl (C=O) groups excluding carboxylic acids is 2. The molecule has 2 heterocycles. The van der Waals surface area contributed by atoms with Gasteiger partial charge < -0.3 is 14.6 Å². The van der Waals surface area contributed by atoms with Crippen LogP contribution in [0.25, 0.3) is 0 Å². The minimum absolute atomic E-state index is 0.00425. The lowest BCUT2D eigenvalue weighted by Gasteiger charge is -2.49. The van der Waals surface area contributed by atoms with E-state index in [0.717, 1.165) is 24.0 Å². The first-order valence-electron chi connectivity index (χ1n) is 11.5. The number of ketones is 1. The molecule has 0 radical (unpaired) electrons.